The van der Waals surface area contributed by atoms with Crippen LogP contribution < -0.4 is 0 Å². The van der Waals surface area contributed by atoms with Gasteiger partial charge in [-0.2, -0.15) is 0 Å². The molecule has 0 aromatic rings. The van der Waals surface area contributed by atoms with Gasteiger partial charge < -0.3 is 87.6 Å². The predicted molar refractivity (Wildman–Crippen MR) is 57.8 cm³/mol. The summed E-state index contributed by atoms with van der Waals surface area (Å²) >= 11 is 0. The van der Waals surface area contributed by atoms with Gasteiger partial charge in [0, 0.05) is 19.5 Å². The second-order valence-electron chi connectivity index (χ2n) is 0. The fourth-order valence-corrected chi connectivity index (χ4v) is 0. The Kier molecular flexibility index (Phi) is 12000000000000. The van der Waals surface area contributed by atoms with E-state index in [1.54, 1.807) is 0 Å². The van der Waals surface area contributed by atoms with Crippen molar-refractivity contribution < 1.29 is 107 Å². The monoisotopic (exact) mass is 352 g/mol. The van der Waals surface area contributed by atoms with Crippen molar-refractivity contribution >= 4 is 0 Å². The maximum absolute atomic E-state index is 0. The van der Waals surface area contributed by atoms with Crippen molar-refractivity contribution in [2.75, 3.05) is 0 Å². The molecule has 0 heterocycles. The molecule has 0 saturated carbocycles. The van der Waals surface area contributed by atoms with E-state index in [-0.39, 0.29) is 107 Å². The van der Waals surface area contributed by atoms with E-state index in [0.29, 0.717) is 0 Å². The Bertz CT molecular complexity index is 5.49. The molecule has 0 unspecified atom stereocenters. The van der Waals surface area contributed by atoms with Crippen LogP contribution >= 0.6 is 0 Å². The van der Waals surface area contributed by atoms with Crippen LogP contribution in [-0.4, -0.2) is 87.6 Å². The zero-order valence-corrected chi connectivity index (χ0v) is 11.7. The van der Waals surface area contributed by atoms with Crippen molar-refractivity contribution in [3.05, 3.63) is 0 Å². The molecule has 32 N–H and O–H groups in total. The second kappa shape index (κ2) is 13000000. The molecule has 0 aliphatic carbocycles. The minimum Gasteiger partial charge on any atom is -0.412 e. The van der Waals surface area contributed by atoms with Gasteiger partial charge in [-0.05, 0) is 0 Å². The van der Waals surface area contributed by atoms with Crippen molar-refractivity contribution in [3.63, 3.8) is 0 Å². The van der Waals surface area contributed by atoms with E-state index in [2.05, 4.69) is 0 Å². The molecule has 16 nitrogen and oxygen atoms in total. The first-order chi connectivity index (χ1) is 0. The van der Waals surface area contributed by atoms with Crippen LogP contribution in [0.25, 0.3) is 0 Å². The molecule has 0 aromatic heterocycles. The summed E-state index contributed by atoms with van der Waals surface area (Å²) in [5.74, 6) is 0. The molecule has 130 valence electrons. The molecule has 0 amide bonds. The van der Waals surface area contributed by atoms with Gasteiger partial charge in [-0.1, -0.05) is 0 Å². The normalized spacial score (nSPS) is 0. The molecule has 0 aliphatic heterocycles. The van der Waals surface area contributed by atoms with Gasteiger partial charge in [0.15, 0.2) is 0 Å². The standard InChI is InChI=1S/16H2O.Zn/h16*1H2;. The molecule has 0 saturated heterocycles. The van der Waals surface area contributed by atoms with Crippen molar-refractivity contribution in [2.24, 2.45) is 0 Å². The first kappa shape index (κ1) is 15700000. The molecule has 0 aromatic carbocycles. The summed E-state index contributed by atoms with van der Waals surface area (Å²) in [6.07, 6.45) is 0. The van der Waals surface area contributed by atoms with Gasteiger partial charge in [0.2, 0.25) is 0 Å². The maximum Gasteiger partial charge on any atom is 0 e. The number of rotatable bonds is 0. The van der Waals surface area contributed by atoms with Crippen LogP contribution in [0.2, 0.25) is 0 Å². The van der Waals surface area contributed by atoms with E-state index in [0.717, 1.165) is 0 Å². The summed E-state index contributed by atoms with van der Waals surface area (Å²) in [6, 6.07) is 0. The summed E-state index contributed by atoms with van der Waals surface area (Å²) in [5.41, 5.74) is 0. The largest absolute Gasteiger partial charge is 0.412 e. The van der Waals surface area contributed by atoms with Crippen LogP contribution in [0.5, 0.6) is 0 Å². The molecular formula is H32O16Zn. The van der Waals surface area contributed by atoms with Gasteiger partial charge in [-0.25, -0.2) is 0 Å². The first-order valence-corrected chi connectivity index (χ1v) is 0. The molecular weight excluding hydrogens is 321 g/mol. The molecule has 0 radical (unpaired) electrons. The molecule has 17 heteroatoms. The van der Waals surface area contributed by atoms with E-state index in [9.17, 15) is 0 Å². The average Bonchev–Trinajstić information content (AvgIpc) is 0. The fourth-order valence-electron chi connectivity index (χ4n) is 0. The summed E-state index contributed by atoms with van der Waals surface area (Å²) in [6.45, 7) is 0. The molecule has 0 aliphatic rings. The Morgan fingerprint density at radius 3 is 0.118 bits per heavy atom. The smallest absolute Gasteiger partial charge is 0 e. The van der Waals surface area contributed by atoms with Crippen LogP contribution in [-0.2, 0) is 19.5 Å². The molecule has 0 bridgehead atoms. The molecule has 0 rings (SSSR count). The van der Waals surface area contributed by atoms with Gasteiger partial charge >= 0.3 is 0 Å². The Morgan fingerprint density at radius 1 is 0.118 bits per heavy atom. The maximum atomic E-state index is 0. The minimum absolute atomic E-state index is 0. The van der Waals surface area contributed by atoms with E-state index >= 15 is 0 Å². The van der Waals surface area contributed by atoms with Gasteiger partial charge in [-0.15, -0.1) is 0 Å². The molecule has 0 atom stereocenters. The quantitative estimate of drug-likeness (QED) is 0.365. The van der Waals surface area contributed by atoms with E-state index in [1.807, 2.05) is 0 Å². The fraction of sp³-hybridized carbons (Fsp3) is 0. The molecule has 17 heavy (non-hydrogen) atoms. The van der Waals surface area contributed by atoms with Crippen LogP contribution in [0.3, 0.4) is 0 Å². The summed E-state index contributed by atoms with van der Waals surface area (Å²) < 4.78 is 0. The summed E-state index contributed by atoms with van der Waals surface area (Å²) in [5, 5.41) is 0. The topological polar surface area (TPSA) is 504 Å². The van der Waals surface area contributed by atoms with Crippen molar-refractivity contribution in [2.45, 2.75) is 0 Å². The second-order valence-corrected chi connectivity index (χ2v) is 0. The van der Waals surface area contributed by atoms with Crippen LogP contribution in [0, 0.1) is 0 Å². The van der Waals surface area contributed by atoms with Gasteiger partial charge in [0.05, 0.1) is 0 Å². The van der Waals surface area contributed by atoms with E-state index < -0.39 is 0 Å². The average molecular weight is 354 g/mol. The zero-order chi connectivity index (χ0) is 0. The van der Waals surface area contributed by atoms with Gasteiger partial charge in [-0.3, -0.25) is 0 Å². The van der Waals surface area contributed by atoms with E-state index in [1.165, 1.54) is 0 Å². The van der Waals surface area contributed by atoms with Gasteiger partial charge in [0.25, 0.3) is 0 Å². The van der Waals surface area contributed by atoms with Crippen molar-refractivity contribution in [3.8, 4) is 0 Å². The van der Waals surface area contributed by atoms with Gasteiger partial charge in [0.1, 0.15) is 0 Å². The Labute approximate surface area is 108 Å². The summed E-state index contributed by atoms with van der Waals surface area (Å²) in [7, 11) is 0. The third kappa shape index (κ3) is 11300000. The Hall–Kier alpha value is -0.0166. The van der Waals surface area contributed by atoms with E-state index in [4.69, 9.17) is 0 Å². The zero-order valence-electron chi connectivity index (χ0n) is 8.71. The van der Waals surface area contributed by atoms with Crippen molar-refractivity contribution in [1.29, 1.82) is 0 Å². The third-order valence-electron chi connectivity index (χ3n) is 0. The molecule has 0 spiro atoms. The Balaban J connectivity index is 0. The summed E-state index contributed by atoms with van der Waals surface area (Å²) in [4.78, 5) is 0. The van der Waals surface area contributed by atoms with Crippen molar-refractivity contribution in [1.82, 2.24) is 0 Å². The van der Waals surface area contributed by atoms with Crippen LogP contribution in [0.1, 0.15) is 0 Å². The minimum atomic E-state index is 0. The number of hydrogen-bond acceptors (Lipinski definition) is 0. The number of hydrogen-bond donors (Lipinski definition) is 0. The predicted octanol–water partition coefficient (Wildman–Crippen LogP) is -13.2. The van der Waals surface area contributed by atoms with Crippen LogP contribution in [0.15, 0.2) is 0 Å². The Morgan fingerprint density at radius 2 is 0.118 bits per heavy atom. The third-order valence-corrected chi connectivity index (χ3v) is 0. The SMILES string of the molecule is O.O.O.O.O.O.O.O.O.O.O.O.O.O.O.O.[Zn]. The first-order valence-electron chi connectivity index (χ1n) is 0. The van der Waals surface area contributed by atoms with Crippen LogP contribution in [0.4, 0.5) is 0 Å². The molecule has 0 fully saturated rings.